The van der Waals surface area contributed by atoms with E-state index in [1.807, 2.05) is 6.92 Å². The molecular weight excluding hydrogens is 217 g/mol. The lowest BCUT2D eigenvalue weighted by molar-refractivity contribution is 0.602. The van der Waals surface area contributed by atoms with Crippen molar-refractivity contribution in [2.75, 3.05) is 11.9 Å². The third kappa shape index (κ3) is 4.01. The van der Waals surface area contributed by atoms with Crippen molar-refractivity contribution in [1.82, 2.24) is 4.98 Å². The Labute approximate surface area is 93.8 Å². The van der Waals surface area contributed by atoms with Gasteiger partial charge in [-0.2, -0.15) is 0 Å². The number of rotatable bonds is 5. The molecule has 0 aliphatic carbocycles. The lowest BCUT2D eigenvalue weighted by Crippen LogP contribution is -2.22. The quantitative estimate of drug-likeness (QED) is 0.818. The molecule has 1 rings (SSSR count). The smallest absolute Gasteiger partial charge is 0.166 e. The Morgan fingerprint density at radius 2 is 2.40 bits per heavy atom. The highest BCUT2D eigenvalue weighted by Gasteiger charge is 2.04. The molecule has 1 aromatic rings. The average Bonchev–Trinajstić information content (AvgIpc) is 2.21. The van der Waals surface area contributed by atoms with Crippen molar-refractivity contribution in [2.24, 2.45) is 5.73 Å². The standard InChI is InChI=1S/C10H15ClFN3/c1-2-8(13)3-4-14-10-9(12)5-7(11)6-15-10/h5-6,8H,2-4,13H2,1H3,(H,14,15). The minimum Gasteiger partial charge on any atom is -0.368 e. The number of aromatic nitrogens is 1. The van der Waals surface area contributed by atoms with Crippen LogP contribution in [0.25, 0.3) is 0 Å². The number of pyridine rings is 1. The van der Waals surface area contributed by atoms with Crippen molar-refractivity contribution in [3.8, 4) is 0 Å². The molecule has 0 aromatic carbocycles. The molecule has 0 aliphatic heterocycles. The second-order valence-corrected chi connectivity index (χ2v) is 3.80. The third-order valence-corrected chi connectivity index (χ3v) is 2.35. The number of hydrogen-bond acceptors (Lipinski definition) is 3. The van der Waals surface area contributed by atoms with Crippen LogP contribution in [0.15, 0.2) is 12.3 Å². The second-order valence-electron chi connectivity index (χ2n) is 3.37. The highest BCUT2D eigenvalue weighted by atomic mass is 35.5. The summed E-state index contributed by atoms with van der Waals surface area (Å²) in [7, 11) is 0. The zero-order chi connectivity index (χ0) is 11.3. The maximum absolute atomic E-state index is 13.2. The lowest BCUT2D eigenvalue weighted by Gasteiger charge is -2.10. The minimum absolute atomic E-state index is 0.146. The average molecular weight is 232 g/mol. The fourth-order valence-electron chi connectivity index (χ4n) is 1.12. The second kappa shape index (κ2) is 5.88. The van der Waals surface area contributed by atoms with E-state index in [-0.39, 0.29) is 11.9 Å². The Hall–Kier alpha value is -0.870. The summed E-state index contributed by atoms with van der Waals surface area (Å²) in [6, 6.07) is 1.38. The van der Waals surface area contributed by atoms with Crippen LogP contribution in [0.1, 0.15) is 19.8 Å². The first-order valence-corrected chi connectivity index (χ1v) is 5.31. The monoisotopic (exact) mass is 231 g/mol. The van der Waals surface area contributed by atoms with Gasteiger partial charge in [0.25, 0.3) is 0 Å². The summed E-state index contributed by atoms with van der Waals surface area (Å²) < 4.78 is 13.2. The van der Waals surface area contributed by atoms with Gasteiger partial charge >= 0.3 is 0 Å². The predicted octanol–water partition coefficient (Wildman–Crippen LogP) is 2.41. The van der Waals surface area contributed by atoms with Gasteiger partial charge in [-0.05, 0) is 18.9 Å². The molecule has 0 radical (unpaired) electrons. The molecule has 15 heavy (non-hydrogen) atoms. The van der Waals surface area contributed by atoms with Gasteiger partial charge in [0.2, 0.25) is 0 Å². The summed E-state index contributed by atoms with van der Waals surface area (Å²) in [6.07, 6.45) is 3.12. The zero-order valence-corrected chi connectivity index (χ0v) is 9.39. The fraction of sp³-hybridized carbons (Fsp3) is 0.500. The van der Waals surface area contributed by atoms with E-state index in [4.69, 9.17) is 17.3 Å². The van der Waals surface area contributed by atoms with Crippen LogP contribution in [0.3, 0.4) is 0 Å². The van der Waals surface area contributed by atoms with E-state index in [0.29, 0.717) is 11.6 Å². The molecule has 0 saturated heterocycles. The molecule has 0 bridgehead atoms. The maximum atomic E-state index is 13.2. The van der Waals surface area contributed by atoms with Gasteiger partial charge < -0.3 is 11.1 Å². The number of halogens is 2. The topological polar surface area (TPSA) is 50.9 Å². The highest BCUT2D eigenvalue weighted by Crippen LogP contribution is 2.15. The Balaban J connectivity index is 2.44. The van der Waals surface area contributed by atoms with Gasteiger partial charge in [-0.3, -0.25) is 0 Å². The van der Waals surface area contributed by atoms with Crippen LogP contribution in [0.5, 0.6) is 0 Å². The number of nitrogens with one attached hydrogen (secondary N) is 1. The van der Waals surface area contributed by atoms with Crippen LogP contribution in [-0.2, 0) is 0 Å². The normalized spacial score (nSPS) is 12.5. The zero-order valence-electron chi connectivity index (χ0n) is 8.63. The summed E-state index contributed by atoms with van der Waals surface area (Å²) in [5.41, 5.74) is 5.72. The van der Waals surface area contributed by atoms with Crippen LogP contribution in [0.2, 0.25) is 5.02 Å². The lowest BCUT2D eigenvalue weighted by atomic mass is 10.2. The summed E-state index contributed by atoms with van der Waals surface area (Å²) in [5.74, 6) is -0.213. The first-order chi connectivity index (χ1) is 7.13. The van der Waals surface area contributed by atoms with Crippen molar-refractivity contribution in [3.05, 3.63) is 23.1 Å². The molecule has 1 aromatic heterocycles. The third-order valence-electron chi connectivity index (χ3n) is 2.14. The van der Waals surface area contributed by atoms with Crippen molar-refractivity contribution in [1.29, 1.82) is 0 Å². The van der Waals surface area contributed by atoms with E-state index in [1.54, 1.807) is 0 Å². The van der Waals surface area contributed by atoms with Gasteiger partial charge in [0.15, 0.2) is 11.6 Å². The van der Waals surface area contributed by atoms with Gasteiger partial charge in [-0.15, -0.1) is 0 Å². The van der Waals surface area contributed by atoms with Crippen LogP contribution in [0, 0.1) is 5.82 Å². The Kier molecular flexibility index (Phi) is 4.78. The van der Waals surface area contributed by atoms with E-state index in [1.165, 1.54) is 12.3 Å². The molecule has 0 amide bonds. The van der Waals surface area contributed by atoms with Crippen molar-refractivity contribution in [2.45, 2.75) is 25.8 Å². The van der Waals surface area contributed by atoms with E-state index in [2.05, 4.69) is 10.3 Å². The molecule has 5 heteroatoms. The molecular formula is C10H15ClFN3. The van der Waals surface area contributed by atoms with Crippen molar-refractivity contribution in [3.63, 3.8) is 0 Å². The van der Waals surface area contributed by atoms with Crippen LogP contribution >= 0.6 is 11.6 Å². The minimum atomic E-state index is -0.437. The van der Waals surface area contributed by atoms with Crippen molar-refractivity contribution < 1.29 is 4.39 Å². The molecule has 0 saturated carbocycles. The number of hydrogen-bond donors (Lipinski definition) is 2. The molecule has 3 nitrogen and oxygen atoms in total. The van der Waals surface area contributed by atoms with E-state index >= 15 is 0 Å². The number of nitrogens with two attached hydrogens (primary N) is 1. The van der Waals surface area contributed by atoms with Crippen molar-refractivity contribution >= 4 is 17.4 Å². The first kappa shape index (κ1) is 12.2. The van der Waals surface area contributed by atoms with E-state index in [0.717, 1.165) is 12.8 Å². The number of anilines is 1. The highest BCUT2D eigenvalue weighted by molar-refractivity contribution is 6.30. The Bertz CT molecular complexity index is 320. The predicted molar refractivity (Wildman–Crippen MR) is 60.6 cm³/mol. The molecule has 1 unspecified atom stereocenters. The largest absolute Gasteiger partial charge is 0.368 e. The molecule has 3 N–H and O–H groups in total. The molecule has 0 spiro atoms. The van der Waals surface area contributed by atoms with Crippen LogP contribution in [-0.4, -0.2) is 17.6 Å². The van der Waals surface area contributed by atoms with Gasteiger partial charge in [-0.1, -0.05) is 18.5 Å². The molecule has 0 fully saturated rings. The van der Waals surface area contributed by atoms with Crippen LogP contribution < -0.4 is 11.1 Å². The van der Waals surface area contributed by atoms with Gasteiger partial charge in [-0.25, -0.2) is 9.37 Å². The van der Waals surface area contributed by atoms with E-state index < -0.39 is 5.82 Å². The SMILES string of the molecule is CCC(N)CCNc1ncc(Cl)cc1F. The molecule has 1 atom stereocenters. The van der Waals surface area contributed by atoms with Gasteiger partial charge in [0, 0.05) is 18.8 Å². The summed E-state index contributed by atoms with van der Waals surface area (Å²) in [6.45, 7) is 2.63. The summed E-state index contributed by atoms with van der Waals surface area (Å²) in [5, 5.41) is 3.18. The molecule has 0 aliphatic rings. The van der Waals surface area contributed by atoms with Gasteiger partial charge in [0.1, 0.15) is 0 Å². The van der Waals surface area contributed by atoms with E-state index in [9.17, 15) is 4.39 Å². The molecule has 84 valence electrons. The summed E-state index contributed by atoms with van der Waals surface area (Å²) >= 11 is 5.57. The molecule has 1 heterocycles. The summed E-state index contributed by atoms with van der Waals surface area (Å²) in [4.78, 5) is 3.84. The number of nitrogens with zero attached hydrogens (tertiary/aromatic N) is 1. The first-order valence-electron chi connectivity index (χ1n) is 4.94. The fourth-order valence-corrected chi connectivity index (χ4v) is 1.27. The Morgan fingerprint density at radius 1 is 1.67 bits per heavy atom. The van der Waals surface area contributed by atoms with Gasteiger partial charge in [0.05, 0.1) is 5.02 Å². The maximum Gasteiger partial charge on any atom is 0.166 e. The Morgan fingerprint density at radius 3 is 3.00 bits per heavy atom. The van der Waals surface area contributed by atoms with Crippen LogP contribution in [0.4, 0.5) is 10.2 Å².